The van der Waals surface area contributed by atoms with Gasteiger partial charge < -0.3 is 10.2 Å². The van der Waals surface area contributed by atoms with Crippen LogP contribution in [0.4, 0.5) is 18.9 Å². The second kappa shape index (κ2) is 11.7. The SMILES string of the molecule is C=Cc1ncc(C#Cc2cc(C(=O)Nc3ccc(CN4CCN(C)CC4)c(C(F)(F)F)c3)ccc2C)n1N=C. The highest BCUT2D eigenvalue weighted by atomic mass is 19.4. The zero-order valence-corrected chi connectivity index (χ0v) is 21.8. The molecule has 0 atom stereocenters. The number of nitrogens with one attached hydrogen (secondary N) is 1. The van der Waals surface area contributed by atoms with Gasteiger partial charge in [-0.15, -0.1) is 0 Å². The van der Waals surface area contributed by atoms with Gasteiger partial charge in [-0.1, -0.05) is 24.6 Å². The van der Waals surface area contributed by atoms with Crippen LogP contribution in [0.15, 0.2) is 54.3 Å². The molecule has 1 aliphatic heterocycles. The number of rotatable bonds is 6. The predicted molar refractivity (Wildman–Crippen MR) is 147 cm³/mol. The molecule has 0 spiro atoms. The van der Waals surface area contributed by atoms with Crippen molar-refractivity contribution < 1.29 is 18.0 Å². The van der Waals surface area contributed by atoms with Gasteiger partial charge in [-0.3, -0.25) is 9.69 Å². The maximum Gasteiger partial charge on any atom is 0.416 e. The highest BCUT2D eigenvalue weighted by Crippen LogP contribution is 2.34. The Morgan fingerprint density at radius 2 is 1.90 bits per heavy atom. The van der Waals surface area contributed by atoms with E-state index in [1.165, 1.54) is 29.1 Å². The minimum absolute atomic E-state index is 0.0700. The summed E-state index contributed by atoms with van der Waals surface area (Å²) in [6.07, 6.45) is -1.48. The number of nitrogens with zero attached hydrogens (tertiary/aromatic N) is 5. The normalized spacial score (nSPS) is 14.4. The van der Waals surface area contributed by atoms with Crippen molar-refractivity contribution in [3.63, 3.8) is 0 Å². The van der Waals surface area contributed by atoms with E-state index in [2.05, 4.69) is 45.4 Å². The summed E-state index contributed by atoms with van der Waals surface area (Å²) in [5.74, 6) is 5.93. The van der Waals surface area contributed by atoms with Gasteiger partial charge in [-0.2, -0.15) is 18.3 Å². The van der Waals surface area contributed by atoms with Gasteiger partial charge in [-0.05, 0) is 61.4 Å². The second-order valence-electron chi connectivity index (χ2n) is 9.34. The molecule has 4 rings (SSSR count). The Morgan fingerprint density at radius 1 is 1.15 bits per heavy atom. The Kier molecular flexibility index (Phi) is 8.33. The summed E-state index contributed by atoms with van der Waals surface area (Å²) in [6, 6.07) is 8.88. The van der Waals surface area contributed by atoms with Gasteiger partial charge in [0.25, 0.3) is 5.91 Å². The Labute approximate surface area is 225 Å². The van der Waals surface area contributed by atoms with Gasteiger partial charge in [0.1, 0.15) is 5.69 Å². The van der Waals surface area contributed by atoms with Crippen molar-refractivity contribution in [2.75, 3.05) is 38.5 Å². The van der Waals surface area contributed by atoms with Gasteiger partial charge in [0, 0.05) is 56.3 Å². The van der Waals surface area contributed by atoms with Crippen LogP contribution in [0, 0.1) is 18.8 Å². The molecule has 39 heavy (non-hydrogen) atoms. The van der Waals surface area contributed by atoms with Crippen LogP contribution in [-0.2, 0) is 12.7 Å². The lowest BCUT2D eigenvalue weighted by molar-refractivity contribution is -0.138. The van der Waals surface area contributed by atoms with Crippen molar-refractivity contribution in [1.82, 2.24) is 19.5 Å². The average Bonchev–Trinajstić information content (AvgIpc) is 3.31. The van der Waals surface area contributed by atoms with Crippen LogP contribution in [0.25, 0.3) is 6.08 Å². The Balaban J connectivity index is 1.54. The number of aromatic nitrogens is 2. The maximum atomic E-state index is 13.9. The van der Waals surface area contributed by atoms with Gasteiger partial charge in [-0.25, -0.2) is 9.66 Å². The first-order valence-electron chi connectivity index (χ1n) is 12.3. The second-order valence-corrected chi connectivity index (χ2v) is 9.34. The van der Waals surface area contributed by atoms with Crippen molar-refractivity contribution in [3.05, 3.63) is 88.5 Å². The monoisotopic (exact) mass is 534 g/mol. The van der Waals surface area contributed by atoms with Crippen LogP contribution in [-0.4, -0.2) is 65.3 Å². The fourth-order valence-electron chi connectivity index (χ4n) is 4.27. The van der Waals surface area contributed by atoms with Gasteiger partial charge in [0.2, 0.25) is 0 Å². The van der Waals surface area contributed by atoms with E-state index in [0.29, 0.717) is 30.2 Å². The summed E-state index contributed by atoms with van der Waals surface area (Å²) in [6.45, 7) is 12.2. The largest absolute Gasteiger partial charge is 0.416 e. The number of aryl methyl sites for hydroxylation is 1. The lowest BCUT2D eigenvalue weighted by Crippen LogP contribution is -2.44. The van der Waals surface area contributed by atoms with Crippen LogP contribution in [0.2, 0.25) is 0 Å². The zero-order valence-electron chi connectivity index (χ0n) is 21.8. The number of hydrogen-bond acceptors (Lipinski definition) is 5. The third-order valence-corrected chi connectivity index (χ3v) is 6.58. The molecule has 1 aromatic heterocycles. The smallest absolute Gasteiger partial charge is 0.322 e. The first-order chi connectivity index (χ1) is 18.6. The highest BCUT2D eigenvalue weighted by molar-refractivity contribution is 6.04. The summed E-state index contributed by atoms with van der Waals surface area (Å²) in [4.78, 5) is 21.3. The molecule has 7 nitrogen and oxygen atoms in total. The van der Waals surface area contributed by atoms with Crippen molar-refractivity contribution in [2.24, 2.45) is 5.10 Å². The number of anilines is 1. The van der Waals surface area contributed by atoms with E-state index < -0.39 is 17.6 Å². The standard InChI is InChI=1S/C29H29F3N6O/c1-5-27-34-18-25(38(27)33-3)11-9-21-16-22(7-6-20(21)2)28(39)35-24-10-8-23(26(17-24)29(30,31)32)19-37-14-12-36(4)13-15-37/h5-8,10,16-18H,1,3,12-15,19H2,2,4H3,(H,35,39). The minimum atomic E-state index is -4.55. The van der Waals surface area contributed by atoms with Crippen molar-refractivity contribution >= 4 is 24.4 Å². The van der Waals surface area contributed by atoms with E-state index >= 15 is 0 Å². The van der Waals surface area contributed by atoms with Crippen molar-refractivity contribution in [3.8, 4) is 11.8 Å². The number of likely N-dealkylation sites (N-methyl/N-ethyl adjacent to an activating group) is 1. The Bertz CT molecular complexity index is 1460. The topological polar surface area (TPSA) is 65.8 Å². The van der Waals surface area contributed by atoms with E-state index in [1.807, 2.05) is 18.9 Å². The molecule has 0 aliphatic carbocycles. The van der Waals surface area contributed by atoms with E-state index in [-0.39, 0.29) is 23.4 Å². The molecule has 0 bridgehead atoms. The third kappa shape index (κ3) is 6.63. The Hall–Kier alpha value is -4.20. The molecule has 1 N–H and O–H groups in total. The van der Waals surface area contributed by atoms with Crippen molar-refractivity contribution in [2.45, 2.75) is 19.6 Å². The number of halogens is 3. The molecule has 3 aromatic rings. The van der Waals surface area contributed by atoms with Crippen LogP contribution < -0.4 is 5.32 Å². The molecule has 1 fully saturated rings. The Morgan fingerprint density at radius 3 is 2.56 bits per heavy atom. The van der Waals surface area contributed by atoms with Crippen molar-refractivity contribution in [1.29, 1.82) is 0 Å². The highest BCUT2D eigenvalue weighted by Gasteiger charge is 2.34. The lowest BCUT2D eigenvalue weighted by Gasteiger charge is -2.33. The first-order valence-corrected chi connectivity index (χ1v) is 12.3. The summed E-state index contributed by atoms with van der Waals surface area (Å²) in [5, 5.41) is 6.48. The van der Waals surface area contributed by atoms with Crippen LogP contribution in [0.1, 0.15) is 44.1 Å². The van der Waals surface area contributed by atoms with Crippen LogP contribution in [0.5, 0.6) is 0 Å². The summed E-state index contributed by atoms with van der Waals surface area (Å²) in [7, 11) is 1.99. The quantitative estimate of drug-likeness (QED) is 0.367. The van der Waals surface area contributed by atoms with E-state index in [0.717, 1.165) is 24.7 Å². The molecule has 0 unspecified atom stereocenters. The molecule has 0 radical (unpaired) electrons. The van der Waals surface area contributed by atoms with Gasteiger partial charge in [0.05, 0.1) is 11.8 Å². The summed E-state index contributed by atoms with van der Waals surface area (Å²) < 4.78 is 43.2. The number of imidazole rings is 1. The predicted octanol–water partition coefficient (Wildman–Crippen LogP) is 4.72. The molecule has 1 saturated heterocycles. The number of alkyl halides is 3. The molecule has 1 aliphatic rings. The number of benzene rings is 2. The average molecular weight is 535 g/mol. The van der Waals surface area contributed by atoms with E-state index in [1.54, 1.807) is 18.2 Å². The van der Waals surface area contributed by atoms with Gasteiger partial charge in [0.15, 0.2) is 5.82 Å². The molecular weight excluding hydrogens is 505 g/mol. The van der Waals surface area contributed by atoms with Crippen LogP contribution >= 0.6 is 0 Å². The van der Waals surface area contributed by atoms with Crippen LogP contribution in [0.3, 0.4) is 0 Å². The molecule has 2 aromatic carbocycles. The number of carbonyl (C=O) groups excluding carboxylic acids is 1. The lowest BCUT2D eigenvalue weighted by atomic mass is 10.0. The number of hydrogen-bond donors (Lipinski definition) is 1. The molecule has 2 heterocycles. The maximum absolute atomic E-state index is 13.9. The molecular formula is C29H29F3N6O. The number of amides is 1. The first kappa shape index (κ1) is 27.8. The number of carbonyl (C=O) groups is 1. The van der Waals surface area contributed by atoms with E-state index in [4.69, 9.17) is 0 Å². The zero-order chi connectivity index (χ0) is 28.2. The fraction of sp³-hybridized carbons (Fsp3) is 0.276. The fourth-order valence-corrected chi connectivity index (χ4v) is 4.27. The van der Waals surface area contributed by atoms with E-state index in [9.17, 15) is 18.0 Å². The molecule has 10 heteroatoms. The molecule has 202 valence electrons. The van der Waals surface area contributed by atoms with Gasteiger partial charge >= 0.3 is 6.18 Å². The summed E-state index contributed by atoms with van der Waals surface area (Å²) in [5.41, 5.74) is 1.67. The minimum Gasteiger partial charge on any atom is -0.322 e. The summed E-state index contributed by atoms with van der Waals surface area (Å²) >= 11 is 0. The molecule has 0 saturated carbocycles. The number of piperazine rings is 1. The third-order valence-electron chi connectivity index (χ3n) is 6.58. The molecule has 1 amide bonds.